The molecular formula is C23H32N4O4. The minimum atomic E-state index is -0.250. The molecule has 2 atom stereocenters. The third kappa shape index (κ3) is 6.07. The highest BCUT2D eigenvalue weighted by atomic mass is 16.5. The summed E-state index contributed by atoms with van der Waals surface area (Å²) < 4.78 is 8.19. The largest absolute Gasteiger partial charge is 0.493 e. The minimum Gasteiger partial charge on any atom is -0.493 e. The molecule has 0 bridgehead atoms. The average molecular weight is 429 g/mol. The summed E-state index contributed by atoms with van der Waals surface area (Å²) in [6.45, 7) is 6.12. The molecule has 168 valence electrons. The van der Waals surface area contributed by atoms with Gasteiger partial charge in [-0.05, 0) is 38.7 Å². The summed E-state index contributed by atoms with van der Waals surface area (Å²) in [6.07, 6.45) is 9.98. The van der Waals surface area contributed by atoms with Gasteiger partial charge in [-0.3, -0.25) is 14.5 Å². The molecule has 1 aromatic heterocycles. The average Bonchev–Trinajstić information content (AvgIpc) is 3.45. The van der Waals surface area contributed by atoms with Gasteiger partial charge in [0.25, 0.3) is 6.47 Å². The van der Waals surface area contributed by atoms with E-state index in [1.165, 1.54) is 5.56 Å². The van der Waals surface area contributed by atoms with Crippen LogP contribution in [0.4, 0.5) is 0 Å². The van der Waals surface area contributed by atoms with Crippen molar-refractivity contribution in [3.8, 4) is 5.75 Å². The van der Waals surface area contributed by atoms with E-state index in [1.807, 2.05) is 37.8 Å². The number of aromatic nitrogens is 2. The molecule has 2 aliphatic heterocycles. The molecule has 0 saturated carbocycles. The zero-order valence-corrected chi connectivity index (χ0v) is 18.1. The SMILES string of the molecule is C[C@H]1C(=O)N2CCC[C@H]2CN1Cc1ccccc1OCCCCn1ccnc1.O=CO. The smallest absolute Gasteiger partial charge is 0.290 e. The van der Waals surface area contributed by atoms with Crippen LogP contribution in [0.5, 0.6) is 5.75 Å². The molecule has 0 aliphatic carbocycles. The molecule has 1 amide bonds. The fourth-order valence-electron chi connectivity index (χ4n) is 4.33. The van der Waals surface area contributed by atoms with Crippen molar-refractivity contribution in [2.24, 2.45) is 0 Å². The molecular weight excluding hydrogens is 396 g/mol. The highest BCUT2D eigenvalue weighted by Gasteiger charge is 2.40. The van der Waals surface area contributed by atoms with E-state index in [1.54, 1.807) is 0 Å². The van der Waals surface area contributed by atoms with Gasteiger partial charge in [0, 0.05) is 50.2 Å². The van der Waals surface area contributed by atoms with E-state index < -0.39 is 0 Å². The van der Waals surface area contributed by atoms with Crippen LogP contribution in [-0.4, -0.2) is 68.6 Å². The Hall–Kier alpha value is -2.87. The van der Waals surface area contributed by atoms with Gasteiger partial charge >= 0.3 is 0 Å². The van der Waals surface area contributed by atoms with Gasteiger partial charge in [0.2, 0.25) is 5.91 Å². The molecule has 8 heteroatoms. The van der Waals surface area contributed by atoms with Crippen molar-refractivity contribution in [1.82, 2.24) is 19.4 Å². The molecule has 3 heterocycles. The number of piperazine rings is 1. The fourth-order valence-corrected chi connectivity index (χ4v) is 4.33. The first-order valence-electron chi connectivity index (χ1n) is 10.9. The number of aryl methyl sites for hydroxylation is 1. The standard InChI is InChI=1S/C22H30N4O2.CH2O2/c1-18-22(27)26-12-6-8-20(26)16-25(18)15-19-7-2-3-9-21(19)28-14-5-4-11-24-13-10-23-17-24;2-1-3/h2-3,7,9-10,13,17-18,20H,4-6,8,11-12,14-16H2,1H3;1H,(H,2,3)/t18-,20-;/m0./s1. The van der Waals surface area contributed by atoms with E-state index in [2.05, 4.69) is 31.5 Å². The first kappa shape index (κ1) is 22.8. The number of carboxylic acid groups (broad SMARTS) is 1. The second-order valence-electron chi connectivity index (χ2n) is 8.00. The van der Waals surface area contributed by atoms with Crippen LogP contribution in [0.3, 0.4) is 0 Å². The Morgan fingerprint density at radius 1 is 1.29 bits per heavy atom. The van der Waals surface area contributed by atoms with E-state index in [0.29, 0.717) is 12.6 Å². The van der Waals surface area contributed by atoms with Crippen molar-refractivity contribution in [1.29, 1.82) is 0 Å². The number of fused-ring (bicyclic) bond motifs is 1. The molecule has 0 radical (unpaired) electrons. The van der Waals surface area contributed by atoms with Gasteiger partial charge in [-0.1, -0.05) is 18.2 Å². The Balaban J connectivity index is 0.000000858. The van der Waals surface area contributed by atoms with Crippen LogP contribution in [0.25, 0.3) is 0 Å². The summed E-state index contributed by atoms with van der Waals surface area (Å²) in [5.74, 6) is 1.23. The van der Waals surface area contributed by atoms with E-state index >= 15 is 0 Å². The van der Waals surface area contributed by atoms with Crippen LogP contribution in [-0.2, 0) is 22.7 Å². The molecule has 0 spiro atoms. The highest BCUT2D eigenvalue weighted by Crippen LogP contribution is 2.28. The predicted octanol–water partition coefficient (Wildman–Crippen LogP) is 2.64. The van der Waals surface area contributed by atoms with Gasteiger partial charge in [0.05, 0.1) is 19.0 Å². The molecule has 31 heavy (non-hydrogen) atoms. The minimum absolute atomic E-state index is 0.0578. The Labute approximate surface area is 183 Å². The molecule has 0 unspecified atom stereocenters. The number of nitrogens with zero attached hydrogens (tertiary/aromatic N) is 4. The van der Waals surface area contributed by atoms with Crippen molar-refractivity contribution in [2.45, 2.75) is 57.8 Å². The lowest BCUT2D eigenvalue weighted by Gasteiger charge is -2.41. The zero-order chi connectivity index (χ0) is 22.1. The number of carbonyl (C=O) groups is 2. The molecule has 2 saturated heterocycles. The van der Waals surface area contributed by atoms with Crippen molar-refractivity contribution >= 4 is 12.4 Å². The summed E-state index contributed by atoms with van der Waals surface area (Å²) in [4.78, 5) is 29.5. The number of benzene rings is 1. The summed E-state index contributed by atoms with van der Waals surface area (Å²) in [6, 6.07) is 8.58. The number of amides is 1. The monoisotopic (exact) mass is 428 g/mol. The van der Waals surface area contributed by atoms with E-state index in [9.17, 15) is 4.79 Å². The number of carbonyl (C=O) groups excluding carboxylic acids is 1. The maximum atomic E-state index is 12.7. The lowest BCUT2D eigenvalue weighted by molar-refractivity contribution is -0.143. The van der Waals surface area contributed by atoms with Crippen molar-refractivity contribution in [2.75, 3.05) is 19.7 Å². The van der Waals surface area contributed by atoms with Crippen LogP contribution in [0.15, 0.2) is 43.0 Å². The number of ether oxygens (including phenoxy) is 1. The quantitative estimate of drug-likeness (QED) is 0.514. The lowest BCUT2D eigenvalue weighted by atomic mass is 10.1. The van der Waals surface area contributed by atoms with Gasteiger partial charge in [-0.2, -0.15) is 0 Å². The number of para-hydroxylation sites is 1. The van der Waals surface area contributed by atoms with Gasteiger partial charge in [-0.25, -0.2) is 4.98 Å². The van der Waals surface area contributed by atoms with Crippen LogP contribution < -0.4 is 4.74 Å². The Morgan fingerprint density at radius 3 is 2.87 bits per heavy atom. The second kappa shape index (κ2) is 11.5. The van der Waals surface area contributed by atoms with E-state index in [-0.39, 0.29) is 18.4 Å². The molecule has 4 rings (SSSR count). The fraction of sp³-hybridized carbons (Fsp3) is 0.522. The van der Waals surface area contributed by atoms with E-state index in [0.717, 1.165) is 57.6 Å². The van der Waals surface area contributed by atoms with Gasteiger partial charge in [-0.15, -0.1) is 0 Å². The summed E-state index contributed by atoms with van der Waals surface area (Å²) in [5.41, 5.74) is 1.17. The van der Waals surface area contributed by atoms with Crippen molar-refractivity contribution < 1.29 is 19.4 Å². The Morgan fingerprint density at radius 2 is 2.10 bits per heavy atom. The molecule has 2 fully saturated rings. The van der Waals surface area contributed by atoms with E-state index in [4.69, 9.17) is 14.6 Å². The molecule has 2 aliphatic rings. The van der Waals surface area contributed by atoms with Crippen LogP contribution in [0.1, 0.15) is 38.2 Å². The van der Waals surface area contributed by atoms with Gasteiger partial charge in [0.1, 0.15) is 5.75 Å². The molecule has 1 N–H and O–H groups in total. The van der Waals surface area contributed by atoms with Gasteiger partial charge in [0.15, 0.2) is 0 Å². The molecule has 1 aromatic carbocycles. The maximum absolute atomic E-state index is 12.7. The normalized spacial score (nSPS) is 20.7. The number of imidazole rings is 1. The van der Waals surface area contributed by atoms with Crippen molar-refractivity contribution in [3.63, 3.8) is 0 Å². The topological polar surface area (TPSA) is 87.9 Å². The maximum Gasteiger partial charge on any atom is 0.290 e. The van der Waals surface area contributed by atoms with Crippen molar-refractivity contribution in [3.05, 3.63) is 48.5 Å². The van der Waals surface area contributed by atoms with Crippen LogP contribution in [0, 0.1) is 0 Å². The number of rotatable bonds is 8. The van der Waals surface area contributed by atoms with Crippen LogP contribution in [0.2, 0.25) is 0 Å². The summed E-state index contributed by atoms with van der Waals surface area (Å²) in [5, 5.41) is 6.89. The second-order valence-corrected chi connectivity index (χ2v) is 8.00. The first-order chi connectivity index (χ1) is 15.1. The number of unbranched alkanes of at least 4 members (excludes halogenated alkanes) is 1. The summed E-state index contributed by atoms with van der Waals surface area (Å²) in [7, 11) is 0. The molecule has 8 nitrogen and oxygen atoms in total. The lowest BCUT2D eigenvalue weighted by Crippen LogP contribution is -2.58. The third-order valence-electron chi connectivity index (χ3n) is 5.98. The number of hydrogen-bond acceptors (Lipinski definition) is 5. The predicted molar refractivity (Wildman–Crippen MR) is 117 cm³/mol. The Bertz CT molecular complexity index is 827. The third-order valence-corrected chi connectivity index (χ3v) is 5.98. The Kier molecular flexibility index (Phi) is 8.46. The first-order valence-corrected chi connectivity index (χ1v) is 10.9. The van der Waals surface area contributed by atoms with Gasteiger partial charge < -0.3 is 19.3 Å². The highest BCUT2D eigenvalue weighted by molar-refractivity contribution is 5.83. The molecule has 2 aromatic rings. The number of hydrogen-bond donors (Lipinski definition) is 1. The summed E-state index contributed by atoms with van der Waals surface area (Å²) >= 11 is 0. The van der Waals surface area contributed by atoms with Crippen LogP contribution >= 0.6 is 0 Å². The zero-order valence-electron chi connectivity index (χ0n) is 18.1.